The van der Waals surface area contributed by atoms with Gasteiger partial charge in [0, 0.05) is 93.1 Å². The number of thiophene rings is 2. The Morgan fingerprint density at radius 3 is 1.90 bits per heavy atom. The van der Waals surface area contributed by atoms with Gasteiger partial charge >= 0.3 is 0 Å². The Bertz CT molecular complexity index is 4420. The van der Waals surface area contributed by atoms with E-state index in [2.05, 4.69) is 87.9 Å². The van der Waals surface area contributed by atoms with Crippen molar-refractivity contribution in [1.29, 1.82) is 0 Å². The van der Waals surface area contributed by atoms with Crippen molar-refractivity contribution in [1.82, 2.24) is 9.55 Å². The Kier molecular flexibility index (Phi) is 20.1. The molecule has 13 heteroatoms. The molecule has 86 heavy (non-hydrogen) atoms. The van der Waals surface area contributed by atoms with E-state index in [-0.39, 0.29) is 23.1 Å². The first-order chi connectivity index (χ1) is 41.4. The highest BCUT2D eigenvalue weighted by Crippen LogP contribution is 2.38. The van der Waals surface area contributed by atoms with Crippen LogP contribution < -0.4 is 15.2 Å². The number of aryl methyl sites for hydroxylation is 5. The molecule has 0 atom stereocenters. The van der Waals surface area contributed by atoms with E-state index in [4.69, 9.17) is 26.8 Å². The highest BCUT2D eigenvalue weighted by Gasteiger charge is 2.22. The third kappa shape index (κ3) is 14.3. The molecule has 0 radical (unpaired) electrons. The summed E-state index contributed by atoms with van der Waals surface area (Å²) in [6.45, 7) is 10.2. The van der Waals surface area contributed by atoms with Gasteiger partial charge in [-0.05, 0) is 208 Å². The molecule has 11 aromatic rings. The number of hydrogen-bond acceptors (Lipinski definition) is 10. The van der Waals surface area contributed by atoms with Gasteiger partial charge in [0.15, 0.2) is 17.3 Å². The van der Waals surface area contributed by atoms with Crippen molar-refractivity contribution in [2.45, 2.75) is 47.5 Å². The predicted octanol–water partition coefficient (Wildman–Crippen LogP) is 18.7. The van der Waals surface area contributed by atoms with Gasteiger partial charge in [0.05, 0.1) is 19.9 Å². The van der Waals surface area contributed by atoms with Crippen LogP contribution in [0.15, 0.2) is 204 Å². The Hall–Kier alpha value is -8.78. The third-order valence-corrected chi connectivity index (χ3v) is 17.7. The molecule has 1 aliphatic carbocycles. The second-order valence-corrected chi connectivity index (χ2v) is 24.2. The molecular formula is C73H63BrClN3O6S2. The maximum atomic E-state index is 12.8. The van der Waals surface area contributed by atoms with Crippen LogP contribution in [-0.4, -0.2) is 46.9 Å². The summed E-state index contributed by atoms with van der Waals surface area (Å²) >= 11 is 12.3. The summed E-state index contributed by atoms with van der Waals surface area (Å²) in [6, 6.07) is 53.6. The summed E-state index contributed by atoms with van der Waals surface area (Å²) < 4.78 is 14.4. The largest absolute Gasteiger partial charge is 0.497 e. The van der Waals surface area contributed by atoms with E-state index in [1.54, 1.807) is 111 Å². The topological polar surface area (TPSA) is 131 Å². The number of carbonyl (C=O) groups excluding carboxylic acids is 4. The van der Waals surface area contributed by atoms with E-state index in [0.717, 1.165) is 93.7 Å². The Balaban J connectivity index is 0.000000137. The molecule has 1 aliphatic rings. The van der Waals surface area contributed by atoms with E-state index in [0.29, 0.717) is 32.3 Å². The van der Waals surface area contributed by atoms with E-state index in [1.165, 1.54) is 38.3 Å². The molecule has 432 valence electrons. The van der Waals surface area contributed by atoms with Crippen LogP contribution >= 0.6 is 50.2 Å². The SMILES string of the molecule is CCc1ccc2sc(C)c(C(=O)c3ccc(Br)cc3)c2c1.COc1ccc(C(=O)/C=C/C2=C(C)Cc3ccccc32)cc1.COc1ccc(C(=O)/C=C/c2cn(C)c3ccccc23)cc1.Cc1cc(C)c2c(N)c(C(=O)c3ccc(Cl)cc3)sc2n1. The summed E-state index contributed by atoms with van der Waals surface area (Å²) in [5.41, 5.74) is 20.6. The van der Waals surface area contributed by atoms with Crippen LogP contribution in [0.2, 0.25) is 5.02 Å². The first-order valence-corrected chi connectivity index (χ1v) is 30.6. The third-order valence-electron chi connectivity index (χ3n) is 14.7. The number of ketones is 4. The number of hydrogen-bond donors (Lipinski definition) is 1. The number of methoxy groups -OCH3 is 2. The summed E-state index contributed by atoms with van der Waals surface area (Å²) in [5.74, 6) is 1.50. The second kappa shape index (κ2) is 27.9. The number of halogens is 2. The molecule has 0 fully saturated rings. The Morgan fingerprint density at radius 2 is 1.26 bits per heavy atom. The minimum Gasteiger partial charge on any atom is -0.497 e. The van der Waals surface area contributed by atoms with E-state index in [1.807, 2.05) is 94.7 Å². The fraction of sp³-hybridized carbons (Fsp3) is 0.137. The highest BCUT2D eigenvalue weighted by molar-refractivity contribution is 9.10. The normalized spacial score (nSPS) is 11.7. The quantitative estimate of drug-likeness (QED) is 0.0892. The van der Waals surface area contributed by atoms with Crippen LogP contribution in [0, 0.1) is 20.8 Å². The number of nitrogens with two attached hydrogens (primary N) is 1. The number of nitrogens with zero attached hydrogens (tertiary/aromatic N) is 2. The summed E-state index contributed by atoms with van der Waals surface area (Å²) in [4.78, 5) is 56.8. The minimum absolute atomic E-state index is 0.00679. The van der Waals surface area contributed by atoms with E-state index >= 15 is 0 Å². The molecule has 9 nitrogen and oxygen atoms in total. The molecule has 0 saturated heterocycles. The Morgan fingerprint density at radius 1 is 0.674 bits per heavy atom. The molecule has 0 unspecified atom stereocenters. The van der Waals surface area contributed by atoms with Gasteiger partial charge < -0.3 is 19.8 Å². The maximum absolute atomic E-state index is 12.8. The zero-order chi connectivity index (χ0) is 61.2. The van der Waals surface area contributed by atoms with Crippen LogP contribution in [0.25, 0.3) is 42.9 Å². The number of rotatable bonds is 13. The van der Waals surface area contributed by atoms with Gasteiger partial charge in [-0.3, -0.25) is 19.2 Å². The molecule has 7 aromatic carbocycles. The first kappa shape index (κ1) is 61.8. The average molecular weight is 1260 g/mol. The lowest BCUT2D eigenvalue weighted by Crippen LogP contribution is -2.01. The first-order valence-electron chi connectivity index (χ1n) is 27.8. The molecule has 0 spiro atoms. The number of benzene rings is 7. The number of nitrogen functional groups attached to an aromatic ring is 1. The number of aromatic nitrogens is 2. The number of fused-ring (bicyclic) bond motifs is 4. The lowest BCUT2D eigenvalue weighted by atomic mass is 9.99. The van der Waals surface area contributed by atoms with Gasteiger partial charge in [-0.1, -0.05) is 94.6 Å². The maximum Gasteiger partial charge on any atom is 0.205 e. The Labute approximate surface area is 522 Å². The summed E-state index contributed by atoms with van der Waals surface area (Å²) in [6.07, 6.45) is 11.1. The zero-order valence-electron chi connectivity index (χ0n) is 49.0. The molecular weight excluding hydrogens is 1190 g/mol. The number of carbonyl (C=O) groups is 4. The van der Waals surface area contributed by atoms with Crippen molar-refractivity contribution >= 4 is 122 Å². The molecule has 4 heterocycles. The smallest absolute Gasteiger partial charge is 0.205 e. The van der Waals surface area contributed by atoms with Gasteiger partial charge in [0.25, 0.3) is 0 Å². The molecule has 2 N–H and O–H groups in total. The number of para-hydroxylation sites is 1. The van der Waals surface area contributed by atoms with Crippen molar-refractivity contribution in [3.8, 4) is 11.5 Å². The van der Waals surface area contributed by atoms with Gasteiger partial charge in [0.2, 0.25) is 5.78 Å². The van der Waals surface area contributed by atoms with Crippen molar-refractivity contribution in [3.63, 3.8) is 0 Å². The van der Waals surface area contributed by atoms with Crippen LogP contribution in [0.1, 0.15) is 104 Å². The van der Waals surface area contributed by atoms with Gasteiger partial charge in [-0.2, -0.15) is 0 Å². The zero-order valence-corrected chi connectivity index (χ0v) is 52.9. The van der Waals surface area contributed by atoms with Crippen molar-refractivity contribution < 1.29 is 28.7 Å². The molecule has 0 bridgehead atoms. The predicted molar refractivity (Wildman–Crippen MR) is 360 cm³/mol. The van der Waals surface area contributed by atoms with Crippen LogP contribution in [0.4, 0.5) is 5.69 Å². The van der Waals surface area contributed by atoms with Crippen molar-refractivity contribution in [2.24, 2.45) is 7.05 Å². The standard InChI is InChI=1S/C20H18O2.C19H17NO2.C18H15BrOS.C16H13ClN2OS/c1-14-13-16-5-3-4-6-19(16)18(14)11-12-20(21)15-7-9-17(22-2)10-8-15;1-20-13-15(17-5-3-4-6-18(17)20)9-12-19(21)14-7-10-16(22-2)11-8-14;1-3-12-4-9-16-15(10-12)17(11(2)21-16)18(20)13-5-7-14(19)8-6-13;1-8-7-9(2)19-16-12(8)13(18)15(21-16)14(20)10-3-5-11(17)6-4-10/h3-12H,13H2,1-2H3;3-13H,1-2H3;4-10H,3H2,1-2H3;3-7H,18H2,1-2H3/b12-11+;12-9+;;. The fourth-order valence-corrected chi connectivity index (χ4v) is 12.8. The van der Waals surface area contributed by atoms with Crippen LogP contribution in [0.5, 0.6) is 11.5 Å². The molecule has 0 aliphatic heterocycles. The number of anilines is 1. The molecule has 0 saturated carbocycles. The monoisotopic (exact) mass is 1260 g/mol. The van der Waals surface area contributed by atoms with Gasteiger partial charge in [-0.25, -0.2) is 4.98 Å². The number of pyridine rings is 1. The van der Waals surface area contributed by atoms with E-state index in [9.17, 15) is 19.2 Å². The highest BCUT2D eigenvalue weighted by atomic mass is 79.9. The lowest BCUT2D eigenvalue weighted by molar-refractivity contribution is 0.103. The minimum atomic E-state index is -0.0933. The number of ether oxygens (including phenoxy) is 2. The average Bonchev–Trinajstić information content (AvgIpc) is 2.95. The molecule has 12 rings (SSSR count). The second-order valence-electron chi connectivity index (χ2n) is 20.6. The van der Waals surface area contributed by atoms with Crippen LogP contribution in [-0.2, 0) is 19.9 Å². The van der Waals surface area contributed by atoms with Crippen molar-refractivity contribution in [3.05, 3.63) is 280 Å². The molecule has 0 amide bonds. The summed E-state index contributed by atoms with van der Waals surface area (Å²) in [5, 5.41) is 3.71. The van der Waals surface area contributed by atoms with Crippen LogP contribution in [0.3, 0.4) is 0 Å². The number of allylic oxidation sites excluding steroid dienone is 5. The van der Waals surface area contributed by atoms with E-state index < -0.39 is 0 Å². The van der Waals surface area contributed by atoms with Crippen molar-refractivity contribution in [2.75, 3.05) is 20.0 Å². The van der Waals surface area contributed by atoms with Gasteiger partial charge in [0.1, 0.15) is 21.2 Å². The fourth-order valence-electron chi connectivity index (χ4n) is 10.2. The van der Waals surface area contributed by atoms with Gasteiger partial charge in [-0.15, -0.1) is 22.7 Å². The lowest BCUT2D eigenvalue weighted by Gasteiger charge is -2.03. The summed E-state index contributed by atoms with van der Waals surface area (Å²) in [7, 11) is 5.23. The molecule has 4 aromatic heterocycles.